The van der Waals surface area contributed by atoms with Crippen LogP contribution in [-0.2, 0) is 6.42 Å². The fourth-order valence-electron chi connectivity index (χ4n) is 1.53. The Kier molecular flexibility index (Phi) is 1.45. The molecule has 1 aromatic carbocycles. The summed E-state index contributed by atoms with van der Waals surface area (Å²) >= 11 is 0. The fourth-order valence-corrected chi connectivity index (χ4v) is 1.53. The van der Waals surface area contributed by atoms with Crippen LogP contribution in [0.5, 0.6) is 0 Å². The van der Waals surface area contributed by atoms with Crippen LogP contribution in [0.25, 0.3) is 0 Å². The molecule has 1 heterocycles. The highest BCUT2D eigenvalue weighted by atomic mass is 19.1. The maximum atomic E-state index is 12.9. The molecule has 0 N–H and O–H groups in total. The molecular formula is C8H7BF2. The monoisotopic (exact) mass is 152 g/mol. The summed E-state index contributed by atoms with van der Waals surface area (Å²) in [6.45, 7) is -0.870. The summed E-state index contributed by atoms with van der Waals surface area (Å²) in [7, 11) is 0. The molecule has 0 bridgehead atoms. The van der Waals surface area contributed by atoms with Crippen LogP contribution in [0, 0.1) is 5.82 Å². The Labute approximate surface area is 64.4 Å². The molecule has 56 valence electrons. The number of fused-ring (bicyclic) bond motifs is 1. The van der Waals surface area contributed by atoms with E-state index in [-0.39, 0.29) is 5.82 Å². The van der Waals surface area contributed by atoms with Crippen LogP contribution in [0.3, 0.4) is 0 Å². The molecule has 0 saturated heterocycles. The van der Waals surface area contributed by atoms with Gasteiger partial charge in [0.15, 0.2) is 0 Å². The lowest BCUT2D eigenvalue weighted by molar-refractivity contribution is 0.626. The van der Waals surface area contributed by atoms with E-state index < -0.39 is 6.99 Å². The Hall–Kier alpha value is -0.855. The molecule has 11 heavy (non-hydrogen) atoms. The van der Waals surface area contributed by atoms with E-state index in [1.165, 1.54) is 12.1 Å². The average Bonchev–Trinajstić information content (AvgIpc) is 2.32. The highest BCUT2D eigenvalue weighted by Gasteiger charge is 2.26. The van der Waals surface area contributed by atoms with Gasteiger partial charge in [-0.05, 0) is 35.9 Å². The second-order valence-corrected chi connectivity index (χ2v) is 2.85. The van der Waals surface area contributed by atoms with E-state index in [1.54, 1.807) is 6.07 Å². The van der Waals surface area contributed by atoms with Crippen molar-refractivity contribution in [2.24, 2.45) is 0 Å². The minimum Gasteiger partial charge on any atom is -0.329 e. The number of aryl methyl sites for hydroxylation is 1. The minimum atomic E-state index is -0.870. The normalized spacial score (nSPS) is 15.3. The van der Waals surface area contributed by atoms with Crippen LogP contribution < -0.4 is 5.46 Å². The maximum Gasteiger partial charge on any atom is 0.381 e. The lowest BCUT2D eigenvalue weighted by Gasteiger charge is -1.97. The highest BCUT2D eigenvalue weighted by molar-refractivity contribution is 6.68. The molecule has 0 nitrogen and oxygen atoms in total. The van der Waals surface area contributed by atoms with Gasteiger partial charge in [0.05, 0.1) is 0 Å². The first-order chi connectivity index (χ1) is 5.27. The molecule has 0 atom stereocenters. The van der Waals surface area contributed by atoms with Gasteiger partial charge in [0, 0.05) is 0 Å². The lowest BCUT2D eigenvalue weighted by Crippen LogP contribution is -2.20. The number of hydrogen-bond acceptors (Lipinski definition) is 0. The molecule has 0 amide bonds. The zero-order valence-corrected chi connectivity index (χ0v) is 5.98. The molecule has 0 unspecified atom stereocenters. The Morgan fingerprint density at radius 2 is 2.18 bits per heavy atom. The van der Waals surface area contributed by atoms with Crippen LogP contribution in [0.4, 0.5) is 8.71 Å². The average molecular weight is 152 g/mol. The molecule has 0 fully saturated rings. The van der Waals surface area contributed by atoms with Gasteiger partial charge in [-0.3, -0.25) is 0 Å². The standard InChI is InChI=1S/C8H7BF2/c10-7-1-2-8-6(5-7)3-4-9(8)11/h1-2,5H,3-4H2. The molecule has 0 spiro atoms. The van der Waals surface area contributed by atoms with E-state index in [1.807, 2.05) is 0 Å². The quantitative estimate of drug-likeness (QED) is 0.494. The zero-order valence-electron chi connectivity index (χ0n) is 5.98. The summed E-state index contributed by atoms with van der Waals surface area (Å²) in [5.74, 6) is -0.266. The van der Waals surface area contributed by atoms with Gasteiger partial charge in [0.2, 0.25) is 0 Å². The van der Waals surface area contributed by atoms with Gasteiger partial charge in [-0.25, -0.2) is 4.39 Å². The van der Waals surface area contributed by atoms with Crippen molar-refractivity contribution in [3.63, 3.8) is 0 Å². The van der Waals surface area contributed by atoms with E-state index in [4.69, 9.17) is 0 Å². The van der Waals surface area contributed by atoms with E-state index in [0.717, 1.165) is 5.56 Å². The van der Waals surface area contributed by atoms with Gasteiger partial charge in [0.25, 0.3) is 0 Å². The molecule has 1 aliphatic rings. The van der Waals surface area contributed by atoms with Crippen LogP contribution >= 0.6 is 0 Å². The number of benzene rings is 1. The molecule has 1 aromatic rings. The Morgan fingerprint density at radius 1 is 1.36 bits per heavy atom. The summed E-state index contributed by atoms with van der Waals surface area (Å²) in [6.07, 6.45) is 1.19. The molecule has 0 aromatic heterocycles. The summed E-state index contributed by atoms with van der Waals surface area (Å²) < 4.78 is 25.5. The second kappa shape index (κ2) is 2.33. The summed E-state index contributed by atoms with van der Waals surface area (Å²) in [5.41, 5.74) is 1.50. The highest BCUT2D eigenvalue weighted by Crippen LogP contribution is 2.15. The third kappa shape index (κ3) is 1.04. The van der Waals surface area contributed by atoms with Crippen molar-refractivity contribution in [1.29, 1.82) is 0 Å². The van der Waals surface area contributed by atoms with Crippen molar-refractivity contribution < 1.29 is 8.71 Å². The summed E-state index contributed by atoms with van der Waals surface area (Å²) in [4.78, 5) is 0. The van der Waals surface area contributed by atoms with E-state index in [0.29, 0.717) is 18.2 Å². The largest absolute Gasteiger partial charge is 0.381 e. The lowest BCUT2D eigenvalue weighted by atomic mass is 9.66. The molecule has 3 heteroatoms. The van der Waals surface area contributed by atoms with Gasteiger partial charge in [0.1, 0.15) is 5.82 Å². The van der Waals surface area contributed by atoms with E-state index in [2.05, 4.69) is 0 Å². The SMILES string of the molecule is FB1CCc2cc(F)ccc21. The van der Waals surface area contributed by atoms with Crippen molar-refractivity contribution in [3.05, 3.63) is 29.6 Å². The Morgan fingerprint density at radius 3 is 3.00 bits per heavy atom. The summed E-state index contributed by atoms with van der Waals surface area (Å²) in [5, 5.41) is 0. The Balaban J connectivity index is 2.50. The molecule has 0 aliphatic carbocycles. The van der Waals surface area contributed by atoms with Gasteiger partial charge < -0.3 is 4.32 Å². The minimum absolute atomic E-state index is 0.266. The molecule has 0 radical (unpaired) electrons. The summed E-state index contributed by atoms with van der Waals surface area (Å²) in [6, 6.07) is 4.29. The maximum absolute atomic E-state index is 12.9. The van der Waals surface area contributed by atoms with E-state index >= 15 is 0 Å². The van der Waals surface area contributed by atoms with Crippen molar-refractivity contribution in [2.75, 3.05) is 0 Å². The van der Waals surface area contributed by atoms with Crippen molar-refractivity contribution >= 4 is 12.5 Å². The topological polar surface area (TPSA) is 0 Å². The predicted molar refractivity (Wildman–Crippen MR) is 41.4 cm³/mol. The smallest absolute Gasteiger partial charge is 0.329 e. The number of hydrogen-bond donors (Lipinski definition) is 0. The van der Waals surface area contributed by atoms with Crippen molar-refractivity contribution in [3.8, 4) is 0 Å². The van der Waals surface area contributed by atoms with Gasteiger partial charge in [-0.1, -0.05) is 6.07 Å². The first kappa shape index (κ1) is 6.83. The van der Waals surface area contributed by atoms with Crippen molar-refractivity contribution in [1.82, 2.24) is 0 Å². The fraction of sp³-hybridized carbons (Fsp3) is 0.250. The molecule has 2 rings (SSSR count). The van der Waals surface area contributed by atoms with Crippen LogP contribution in [0.1, 0.15) is 5.56 Å². The third-order valence-electron chi connectivity index (χ3n) is 2.11. The predicted octanol–water partition coefficient (Wildman–Crippen LogP) is 1.55. The second-order valence-electron chi connectivity index (χ2n) is 2.85. The van der Waals surface area contributed by atoms with Gasteiger partial charge in [-0.2, -0.15) is 0 Å². The van der Waals surface area contributed by atoms with Crippen LogP contribution in [-0.4, -0.2) is 6.99 Å². The van der Waals surface area contributed by atoms with E-state index in [9.17, 15) is 8.71 Å². The molecule has 1 aliphatic heterocycles. The third-order valence-corrected chi connectivity index (χ3v) is 2.11. The first-order valence-electron chi connectivity index (χ1n) is 3.70. The number of rotatable bonds is 0. The Bertz CT molecular complexity index is 285. The van der Waals surface area contributed by atoms with Gasteiger partial charge in [-0.15, -0.1) is 0 Å². The van der Waals surface area contributed by atoms with Crippen LogP contribution in [0.15, 0.2) is 18.2 Å². The zero-order chi connectivity index (χ0) is 7.84. The van der Waals surface area contributed by atoms with Crippen LogP contribution in [0.2, 0.25) is 6.32 Å². The van der Waals surface area contributed by atoms with Crippen molar-refractivity contribution in [2.45, 2.75) is 12.7 Å². The molecule has 0 saturated carbocycles. The first-order valence-corrected chi connectivity index (χ1v) is 3.70. The number of halogens is 2. The van der Waals surface area contributed by atoms with Gasteiger partial charge >= 0.3 is 6.99 Å². The molecular weight excluding hydrogens is 145 g/mol.